The minimum atomic E-state index is -0.686. The summed E-state index contributed by atoms with van der Waals surface area (Å²) >= 11 is 1.68. The van der Waals surface area contributed by atoms with Crippen molar-refractivity contribution in [1.82, 2.24) is 15.5 Å². The Morgan fingerprint density at radius 3 is 2.40 bits per heavy atom. The maximum Gasteiger partial charge on any atom is 0.244 e. The Labute approximate surface area is 215 Å². The summed E-state index contributed by atoms with van der Waals surface area (Å²) < 4.78 is -0.623. The number of carbonyl (C=O) groups is 3. The maximum atomic E-state index is 14.1. The second-order valence-corrected chi connectivity index (χ2v) is 14.8. The monoisotopic (exact) mass is 509 g/mol. The summed E-state index contributed by atoms with van der Waals surface area (Å²) in [5.74, 6) is -1.04. The molecule has 6 atom stereocenters. The van der Waals surface area contributed by atoms with Crippen LogP contribution in [0.15, 0.2) is 0 Å². The van der Waals surface area contributed by atoms with E-state index in [1.807, 2.05) is 20.8 Å². The van der Waals surface area contributed by atoms with E-state index in [4.69, 9.17) is 0 Å². The fourth-order valence-corrected chi connectivity index (χ4v) is 9.25. The standard InChI is InChI=1S/C27H47N3O4S/c1-9-12-28-22(32)19-18-10-11-27(35-18)20(19)24(34)30(17(14-31)13-16(2)3)21(27)23(33)29-26(7,8)15-25(4,5)6/h16-21,31H,9-15H2,1-8H3,(H,28,32)(H,29,33)/t17-,18+,19-,20+,21?,27?/m1/s1. The third-order valence-electron chi connectivity index (χ3n) is 7.62. The highest BCUT2D eigenvalue weighted by atomic mass is 32.2. The van der Waals surface area contributed by atoms with Gasteiger partial charge < -0.3 is 20.6 Å². The molecule has 0 aromatic carbocycles. The molecule has 0 aromatic heterocycles. The highest BCUT2D eigenvalue weighted by molar-refractivity contribution is 8.02. The van der Waals surface area contributed by atoms with Crippen LogP contribution >= 0.6 is 11.8 Å². The minimum absolute atomic E-state index is 0.0249. The maximum absolute atomic E-state index is 14.1. The predicted octanol–water partition coefficient (Wildman–Crippen LogP) is 3.34. The average Bonchev–Trinajstić information content (AvgIpc) is 3.35. The number of nitrogens with one attached hydrogen (secondary N) is 2. The van der Waals surface area contributed by atoms with Crippen LogP contribution in [0.4, 0.5) is 0 Å². The molecular formula is C27H47N3O4S. The molecule has 1 spiro atoms. The minimum Gasteiger partial charge on any atom is -0.394 e. The molecule has 8 heteroatoms. The van der Waals surface area contributed by atoms with E-state index in [0.717, 1.165) is 25.7 Å². The van der Waals surface area contributed by atoms with Crippen molar-refractivity contribution in [2.24, 2.45) is 23.2 Å². The van der Waals surface area contributed by atoms with Gasteiger partial charge in [0.25, 0.3) is 0 Å². The zero-order chi connectivity index (χ0) is 26.3. The third-order valence-corrected chi connectivity index (χ3v) is 9.57. The summed E-state index contributed by atoms with van der Waals surface area (Å²) in [6.07, 6.45) is 3.80. The van der Waals surface area contributed by atoms with Gasteiger partial charge >= 0.3 is 0 Å². The molecule has 3 fully saturated rings. The zero-order valence-electron chi connectivity index (χ0n) is 22.9. The van der Waals surface area contributed by atoms with E-state index in [9.17, 15) is 19.5 Å². The first kappa shape index (κ1) is 28.3. The smallest absolute Gasteiger partial charge is 0.244 e. The average molecular weight is 510 g/mol. The second kappa shape index (κ2) is 10.2. The first-order valence-corrected chi connectivity index (χ1v) is 14.3. The van der Waals surface area contributed by atoms with E-state index in [1.54, 1.807) is 16.7 Å². The number of nitrogens with zero attached hydrogens (tertiary/aromatic N) is 1. The molecule has 0 radical (unpaired) electrons. The third kappa shape index (κ3) is 5.53. The quantitative estimate of drug-likeness (QED) is 0.420. The van der Waals surface area contributed by atoms with Crippen molar-refractivity contribution in [3.05, 3.63) is 0 Å². The van der Waals surface area contributed by atoms with Crippen LogP contribution in [0, 0.1) is 23.2 Å². The summed E-state index contributed by atoms with van der Waals surface area (Å²) in [6.45, 7) is 17.0. The molecule has 0 aromatic rings. The van der Waals surface area contributed by atoms with Crippen LogP contribution in [0.3, 0.4) is 0 Å². The SMILES string of the molecule is CCCNC(=O)[C@@H]1[C@@H]2CCC3(S2)C(C(=O)NC(C)(C)CC(C)(C)C)N([C@@H](CO)CC(C)C)C(=O)[C@H]13. The summed E-state index contributed by atoms with van der Waals surface area (Å²) in [6, 6.07) is -1.13. The summed E-state index contributed by atoms with van der Waals surface area (Å²) in [4.78, 5) is 43.1. The molecule has 3 N–H and O–H groups in total. The van der Waals surface area contributed by atoms with E-state index in [2.05, 4.69) is 45.3 Å². The number of hydrogen-bond acceptors (Lipinski definition) is 5. The summed E-state index contributed by atoms with van der Waals surface area (Å²) in [7, 11) is 0. The second-order valence-electron chi connectivity index (χ2n) is 13.2. The number of likely N-dealkylation sites (tertiary alicyclic amines) is 1. The Hall–Kier alpha value is -1.28. The topological polar surface area (TPSA) is 98.7 Å². The van der Waals surface area contributed by atoms with Crippen molar-refractivity contribution in [3.63, 3.8) is 0 Å². The lowest BCUT2D eigenvalue weighted by atomic mass is 9.70. The van der Waals surface area contributed by atoms with Crippen LogP contribution in [0.2, 0.25) is 0 Å². The van der Waals surface area contributed by atoms with Gasteiger partial charge in [-0.25, -0.2) is 0 Å². The van der Waals surface area contributed by atoms with Crippen LogP contribution in [0.5, 0.6) is 0 Å². The van der Waals surface area contributed by atoms with Gasteiger partial charge in [-0.05, 0) is 57.3 Å². The van der Waals surface area contributed by atoms with Crippen LogP contribution < -0.4 is 10.6 Å². The number of amides is 3. The Balaban J connectivity index is 2.01. The normalized spacial score (nSPS) is 31.1. The van der Waals surface area contributed by atoms with E-state index < -0.39 is 34.2 Å². The van der Waals surface area contributed by atoms with Crippen LogP contribution in [0.25, 0.3) is 0 Å². The highest BCUT2D eigenvalue weighted by Crippen LogP contribution is 2.66. The molecule has 3 aliphatic heterocycles. The Morgan fingerprint density at radius 1 is 1.20 bits per heavy atom. The van der Waals surface area contributed by atoms with Gasteiger partial charge in [-0.2, -0.15) is 0 Å². The molecule has 7 nitrogen and oxygen atoms in total. The molecule has 200 valence electrons. The number of thioether (sulfide) groups is 1. The van der Waals surface area contributed by atoms with Crippen molar-refractivity contribution in [1.29, 1.82) is 0 Å². The molecule has 2 bridgehead atoms. The predicted molar refractivity (Wildman–Crippen MR) is 141 cm³/mol. The number of aliphatic hydroxyl groups excluding tert-OH is 1. The highest BCUT2D eigenvalue weighted by Gasteiger charge is 2.74. The van der Waals surface area contributed by atoms with Crippen molar-refractivity contribution >= 4 is 29.5 Å². The van der Waals surface area contributed by atoms with Crippen LogP contribution in [0.1, 0.15) is 87.5 Å². The van der Waals surface area contributed by atoms with Gasteiger partial charge in [-0.15, -0.1) is 11.8 Å². The van der Waals surface area contributed by atoms with Gasteiger partial charge in [-0.1, -0.05) is 41.5 Å². The van der Waals surface area contributed by atoms with E-state index >= 15 is 0 Å². The largest absolute Gasteiger partial charge is 0.394 e. The van der Waals surface area contributed by atoms with Gasteiger partial charge in [0.15, 0.2) is 0 Å². The molecule has 0 saturated carbocycles. The van der Waals surface area contributed by atoms with Crippen molar-refractivity contribution in [2.75, 3.05) is 13.2 Å². The molecule has 3 amide bonds. The lowest BCUT2D eigenvalue weighted by Crippen LogP contribution is -2.60. The van der Waals surface area contributed by atoms with Crippen molar-refractivity contribution < 1.29 is 19.5 Å². The fourth-order valence-electron chi connectivity index (χ4n) is 7.04. The molecule has 35 heavy (non-hydrogen) atoms. The Bertz CT molecular complexity index is 824. The molecular weight excluding hydrogens is 462 g/mol. The van der Waals surface area contributed by atoms with Crippen LogP contribution in [-0.2, 0) is 14.4 Å². The fraction of sp³-hybridized carbons (Fsp3) is 0.889. The number of aliphatic hydroxyl groups is 1. The van der Waals surface area contributed by atoms with Gasteiger partial charge in [0.1, 0.15) is 6.04 Å². The lowest BCUT2D eigenvalue weighted by Gasteiger charge is -2.40. The van der Waals surface area contributed by atoms with E-state index in [1.165, 1.54) is 0 Å². The summed E-state index contributed by atoms with van der Waals surface area (Å²) in [5, 5.41) is 16.7. The number of carbonyl (C=O) groups excluding carboxylic acids is 3. The van der Waals surface area contributed by atoms with Gasteiger partial charge in [0.2, 0.25) is 17.7 Å². The Morgan fingerprint density at radius 2 is 1.86 bits per heavy atom. The number of rotatable bonds is 10. The first-order valence-electron chi connectivity index (χ1n) is 13.4. The lowest BCUT2D eigenvalue weighted by molar-refractivity contribution is -0.143. The molecule has 2 unspecified atom stereocenters. The zero-order valence-corrected chi connectivity index (χ0v) is 23.8. The first-order chi connectivity index (χ1) is 16.2. The van der Waals surface area contributed by atoms with Crippen molar-refractivity contribution in [3.8, 4) is 0 Å². The van der Waals surface area contributed by atoms with Gasteiger partial charge in [-0.3, -0.25) is 14.4 Å². The number of hydrogen-bond donors (Lipinski definition) is 3. The molecule has 3 saturated heterocycles. The number of fused-ring (bicyclic) bond motifs is 1. The van der Waals surface area contributed by atoms with Gasteiger partial charge in [0.05, 0.1) is 29.2 Å². The molecule has 3 aliphatic rings. The molecule has 3 rings (SSSR count). The molecule has 0 aliphatic carbocycles. The molecule has 3 heterocycles. The van der Waals surface area contributed by atoms with E-state index in [0.29, 0.717) is 13.0 Å². The van der Waals surface area contributed by atoms with Crippen molar-refractivity contribution in [2.45, 2.75) is 115 Å². The van der Waals surface area contributed by atoms with Crippen LogP contribution in [-0.4, -0.2) is 68.5 Å². The Kier molecular flexibility index (Phi) is 8.27. The summed E-state index contributed by atoms with van der Waals surface area (Å²) in [5.41, 5.74) is -0.429. The van der Waals surface area contributed by atoms with Gasteiger partial charge in [0, 0.05) is 17.3 Å². The van der Waals surface area contributed by atoms with E-state index in [-0.39, 0.29) is 40.9 Å².